The van der Waals surface area contributed by atoms with Crippen LogP contribution in [0.25, 0.3) is 11.3 Å². The van der Waals surface area contributed by atoms with Gasteiger partial charge in [0.1, 0.15) is 11.5 Å². The van der Waals surface area contributed by atoms with E-state index in [9.17, 15) is 4.79 Å². The molecule has 6 heteroatoms. The quantitative estimate of drug-likeness (QED) is 0.568. The third-order valence-corrected chi connectivity index (χ3v) is 3.98. The van der Waals surface area contributed by atoms with Crippen LogP contribution >= 0.6 is 22.9 Å². The molecule has 0 aliphatic heterocycles. The maximum atomic E-state index is 11.7. The number of halogens is 1. The van der Waals surface area contributed by atoms with Crippen LogP contribution in [-0.2, 0) is 0 Å². The van der Waals surface area contributed by atoms with Crippen molar-refractivity contribution in [2.45, 2.75) is 0 Å². The molecule has 0 saturated carbocycles. The zero-order chi connectivity index (χ0) is 15.4. The maximum absolute atomic E-state index is 11.7. The lowest BCUT2D eigenvalue weighted by molar-refractivity contribution is 0.0959. The van der Waals surface area contributed by atoms with E-state index in [0.29, 0.717) is 21.4 Å². The van der Waals surface area contributed by atoms with Crippen LogP contribution in [0.2, 0.25) is 5.02 Å². The summed E-state index contributed by atoms with van der Waals surface area (Å²) in [4.78, 5) is 12.3. The van der Waals surface area contributed by atoms with Gasteiger partial charge in [0.2, 0.25) is 0 Å². The first-order valence-corrected chi connectivity index (χ1v) is 7.71. The Morgan fingerprint density at radius 1 is 1.18 bits per heavy atom. The summed E-state index contributed by atoms with van der Waals surface area (Å²) in [6.07, 6.45) is 1.46. The Kier molecular flexibility index (Phi) is 4.37. The first-order valence-electron chi connectivity index (χ1n) is 6.45. The number of hydrogen-bond acceptors (Lipinski definition) is 4. The smallest absolute Gasteiger partial charge is 0.281 e. The molecule has 0 aliphatic rings. The molecule has 3 rings (SSSR count). The molecule has 0 atom stereocenters. The molecule has 0 aliphatic carbocycles. The van der Waals surface area contributed by atoms with Crippen molar-refractivity contribution >= 4 is 35.1 Å². The van der Waals surface area contributed by atoms with Crippen LogP contribution in [0.15, 0.2) is 63.4 Å². The number of amides is 1. The Morgan fingerprint density at radius 3 is 2.73 bits per heavy atom. The minimum Gasteiger partial charge on any atom is -0.455 e. The van der Waals surface area contributed by atoms with Gasteiger partial charge in [0.05, 0.1) is 11.1 Å². The molecule has 110 valence electrons. The lowest BCUT2D eigenvalue weighted by Crippen LogP contribution is -2.15. The highest BCUT2D eigenvalue weighted by Gasteiger charge is 2.05. The predicted molar refractivity (Wildman–Crippen MR) is 88.5 cm³/mol. The zero-order valence-corrected chi connectivity index (χ0v) is 12.9. The average Bonchev–Trinajstić information content (AvgIpc) is 3.19. The Balaban J connectivity index is 1.65. The zero-order valence-electron chi connectivity index (χ0n) is 11.3. The van der Waals surface area contributed by atoms with E-state index >= 15 is 0 Å². The van der Waals surface area contributed by atoms with E-state index in [4.69, 9.17) is 16.0 Å². The molecule has 2 heterocycles. The number of rotatable bonds is 4. The van der Waals surface area contributed by atoms with Gasteiger partial charge in [-0.15, -0.1) is 11.3 Å². The molecule has 1 aromatic carbocycles. The van der Waals surface area contributed by atoms with Crippen molar-refractivity contribution in [3.05, 3.63) is 69.6 Å². The number of hydrogen-bond donors (Lipinski definition) is 1. The summed E-state index contributed by atoms with van der Waals surface area (Å²) in [7, 11) is 0. The summed E-state index contributed by atoms with van der Waals surface area (Å²) in [6.45, 7) is 0. The fraction of sp³-hybridized carbons (Fsp3) is 0. The predicted octanol–water partition coefficient (Wildman–Crippen LogP) is 4.43. The molecule has 0 radical (unpaired) electrons. The second-order valence-electron chi connectivity index (χ2n) is 4.39. The Labute approximate surface area is 136 Å². The third kappa shape index (κ3) is 3.44. The van der Waals surface area contributed by atoms with Gasteiger partial charge in [-0.2, -0.15) is 5.10 Å². The SMILES string of the molecule is O=C(N/N=C/c1ccc(-c2ccc(Cl)cc2)o1)c1cccs1. The highest BCUT2D eigenvalue weighted by Crippen LogP contribution is 2.23. The van der Waals surface area contributed by atoms with Crippen LogP contribution in [0.1, 0.15) is 15.4 Å². The van der Waals surface area contributed by atoms with Gasteiger partial charge in [-0.25, -0.2) is 5.43 Å². The van der Waals surface area contributed by atoms with Gasteiger partial charge in [-0.05, 0) is 47.8 Å². The average molecular weight is 331 g/mol. The van der Waals surface area contributed by atoms with Gasteiger partial charge in [0.25, 0.3) is 5.91 Å². The minimum atomic E-state index is -0.240. The van der Waals surface area contributed by atoms with E-state index in [-0.39, 0.29) is 5.91 Å². The van der Waals surface area contributed by atoms with E-state index in [1.807, 2.05) is 29.6 Å². The largest absolute Gasteiger partial charge is 0.455 e. The van der Waals surface area contributed by atoms with Crippen LogP contribution < -0.4 is 5.43 Å². The molecular formula is C16H11ClN2O2S. The van der Waals surface area contributed by atoms with Crippen molar-refractivity contribution in [1.29, 1.82) is 0 Å². The van der Waals surface area contributed by atoms with Gasteiger partial charge in [-0.3, -0.25) is 4.79 Å². The molecule has 22 heavy (non-hydrogen) atoms. The van der Waals surface area contributed by atoms with Gasteiger partial charge in [0.15, 0.2) is 0 Å². The maximum Gasteiger partial charge on any atom is 0.281 e. The van der Waals surface area contributed by atoms with Crippen molar-refractivity contribution in [1.82, 2.24) is 5.43 Å². The summed E-state index contributed by atoms with van der Waals surface area (Å²) >= 11 is 7.21. The molecule has 3 aromatic rings. The fourth-order valence-electron chi connectivity index (χ4n) is 1.81. The Hall–Kier alpha value is -2.37. The van der Waals surface area contributed by atoms with E-state index in [2.05, 4.69) is 10.5 Å². The number of carbonyl (C=O) groups excluding carboxylic acids is 1. The second-order valence-corrected chi connectivity index (χ2v) is 5.77. The summed E-state index contributed by atoms with van der Waals surface area (Å²) in [5, 5.41) is 6.40. The van der Waals surface area contributed by atoms with Crippen LogP contribution in [0.5, 0.6) is 0 Å². The highest BCUT2D eigenvalue weighted by atomic mass is 35.5. The standard InChI is InChI=1S/C16H11ClN2O2S/c17-12-5-3-11(4-6-12)14-8-7-13(21-14)10-18-19-16(20)15-2-1-9-22-15/h1-10H,(H,19,20)/b18-10+. The van der Waals surface area contributed by atoms with E-state index in [0.717, 1.165) is 5.56 Å². The Morgan fingerprint density at radius 2 is 2.00 bits per heavy atom. The van der Waals surface area contributed by atoms with Gasteiger partial charge in [-0.1, -0.05) is 17.7 Å². The molecule has 1 N–H and O–H groups in total. The molecule has 1 amide bonds. The fourth-order valence-corrected chi connectivity index (χ4v) is 2.55. The van der Waals surface area contributed by atoms with E-state index in [1.165, 1.54) is 17.6 Å². The van der Waals surface area contributed by atoms with Crippen molar-refractivity contribution < 1.29 is 9.21 Å². The van der Waals surface area contributed by atoms with Gasteiger partial charge < -0.3 is 4.42 Å². The number of nitrogens with one attached hydrogen (secondary N) is 1. The van der Waals surface area contributed by atoms with Crippen LogP contribution in [-0.4, -0.2) is 12.1 Å². The van der Waals surface area contributed by atoms with Crippen molar-refractivity contribution in [2.75, 3.05) is 0 Å². The molecule has 0 saturated heterocycles. The van der Waals surface area contributed by atoms with Crippen LogP contribution in [0, 0.1) is 0 Å². The molecule has 0 bridgehead atoms. The topological polar surface area (TPSA) is 54.6 Å². The lowest BCUT2D eigenvalue weighted by Gasteiger charge is -1.96. The number of carbonyl (C=O) groups is 1. The van der Waals surface area contributed by atoms with Gasteiger partial charge in [0, 0.05) is 10.6 Å². The van der Waals surface area contributed by atoms with E-state index in [1.54, 1.807) is 24.3 Å². The lowest BCUT2D eigenvalue weighted by atomic mass is 10.2. The monoisotopic (exact) mass is 330 g/mol. The van der Waals surface area contributed by atoms with Crippen LogP contribution in [0.4, 0.5) is 0 Å². The van der Waals surface area contributed by atoms with Crippen molar-refractivity contribution in [2.24, 2.45) is 5.10 Å². The number of thiophene rings is 1. The molecule has 0 unspecified atom stereocenters. The Bertz CT molecular complexity index is 792. The summed E-state index contributed by atoms with van der Waals surface area (Å²) < 4.78 is 5.64. The number of furan rings is 1. The van der Waals surface area contributed by atoms with E-state index < -0.39 is 0 Å². The highest BCUT2D eigenvalue weighted by molar-refractivity contribution is 7.12. The van der Waals surface area contributed by atoms with Crippen molar-refractivity contribution in [3.63, 3.8) is 0 Å². The first-order chi connectivity index (χ1) is 10.7. The third-order valence-electron chi connectivity index (χ3n) is 2.86. The molecular weight excluding hydrogens is 320 g/mol. The number of hydrazone groups is 1. The normalized spacial score (nSPS) is 11.0. The number of nitrogens with zero attached hydrogens (tertiary/aromatic N) is 1. The molecule has 0 spiro atoms. The molecule has 4 nitrogen and oxygen atoms in total. The number of benzene rings is 1. The summed E-state index contributed by atoms with van der Waals surface area (Å²) in [6, 6.07) is 14.5. The summed E-state index contributed by atoms with van der Waals surface area (Å²) in [5.74, 6) is 1.02. The molecule has 0 fully saturated rings. The second kappa shape index (κ2) is 6.60. The van der Waals surface area contributed by atoms with Crippen molar-refractivity contribution in [3.8, 4) is 11.3 Å². The molecule has 2 aromatic heterocycles. The first kappa shape index (κ1) is 14.6. The summed E-state index contributed by atoms with van der Waals surface area (Å²) in [5.41, 5.74) is 3.38. The van der Waals surface area contributed by atoms with Crippen LogP contribution in [0.3, 0.4) is 0 Å². The van der Waals surface area contributed by atoms with Gasteiger partial charge >= 0.3 is 0 Å². The minimum absolute atomic E-state index is 0.240.